The SMILES string of the molecule is CCC(=O)Nc1c(C)cccc1C(=O)OC. The van der Waals surface area contributed by atoms with Crippen molar-refractivity contribution in [2.24, 2.45) is 0 Å². The van der Waals surface area contributed by atoms with Gasteiger partial charge >= 0.3 is 5.97 Å². The molecule has 16 heavy (non-hydrogen) atoms. The Balaban J connectivity index is 3.13. The van der Waals surface area contributed by atoms with Crippen LogP contribution in [0.2, 0.25) is 0 Å². The molecule has 1 rings (SSSR count). The summed E-state index contributed by atoms with van der Waals surface area (Å²) in [6.45, 7) is 3.59. The molecule has 0 saturated heterocycles. The highest BCUT2D eigenvalue weighted by Gasteiger charge is 2.14. The minimum Gasteiger partial charge on any atom is -0.465 e. The third kappa shape index (κ3) is 2.59. The number of hydrogen-bond acceptors (Lipinski definition) is 3. The molecule has 0 bridgehead atoms. The number of nitrogens with one attached hydrogen (secondary N) is 1. The number of carbonyl (C=O) groups is 2. The summed E-state index contributed by atoms with van der Waals surface area (Å²) in [5, 5.41) is 2.70. The summed E-state index contributed by atoms with van der Waals surface area (Å²) < 4.78 is 4.66. The van der Waals surface area contributed by atoms with E-state index in [2.05, 4.69) is 10.1 Å². The second-order valence-corrected chi connectivity index (χ2v) is 3.39. The van der Waals surface area contributed by atoms with Crippen LogP contribution in [-0.4, -0.2) is 19.0 Å². The maximum Gasteiger partial charge on any atom is 0.339 e. The van der Waals surface area contributed by atoms with Gasteiger partial charge in [-0.2, -0.15) is 0 Å². The van der Waals surface area contributed by atoms with Gasteiger partial charge in [0.15, 0.2) is 0 Å². The summed E-state index contributed by atoms with van der Waals surface area (Å²) in [6.07, 6.45) is 0.370. The van der Waals surface area contributed by atoms with E-state index in [-0.39, 0.29) is 5.91 Å². The highest BCUT2D eigenvalue weighted by molar-refractivity contribution is 6.02. The topological polar surface area (TPSA) is 55.4 Å². The minimum absolute atomic E-state index is 0.126. The lowest BCUT2D eigenvalue weighted by atomic mass is 10.1. The van der Waals surface area contributed by atoms with E-state index >= 15 is 0 Å². The molecule has 0 aliphatic heterocycles. The number of methoxy groups -OCH3 is 1. The molecule has 1 amide bonds. The fourth-order valence-electron chi connectivity index (χ4n) is 1.34. The van der Waals surface area contributed by atoms with Gasteiger partial charge in [0.05, 0.1) is 18.4 Å². The summed E-state index contributed by atoms with van der Waals surface area (Å²) >= 11 is 0. The molecular formula is C12H15NO3. The molecule has 1 N–H and O–H groups in total. The van der Waals surface area contributed by atoms with E-state index in [0.717, 1.165) is 5.56 Å². The lowest BCUT2D eigenvalue weighted by Gasteiger charge is -2.11. The van der Waals surface area contributed by atoms with Crippen LogP contribution in [0.25, 0.3) is 0 Å². The summed E-state index contributed by atoms with van der Waals surface area (Å²) in [6, 6.07) is 5.21. The Hall–Kier alpha value is -1.84. The Morgan fingerprint density at radius 1 is 1.38 bits per heavy atom. The van der Waals surface area contributed by atoms with Gasteiger partial charge in [-0.3, -0.25) is 4.79 Å². The number of para-hydroxylation sites is 1. The van der Waals surface area contributed by atoms with Crippen LogP contribution in [-0.2, 0) is 9.53 Å². The van der Waals surface area contributed by atoms with Gasteiger partial charge in [0.2, 0.25) is 5.91 Å². The van der Waals surface area contributed by atoms with Crippen LogP contribution >= 0.6 is 0 Å². The third-order valence-electron chi connectivity index (χ3n) is 2.26. The van der Waals surface area contributed by atoms with E-state index in [0.29, 0.717) is 17.7 Å². The van der Waals surface area contributed by atoms with Crippen molar-refractivity contribution in [3.05, 3.63) is 29.3 Å². The number of hydrogen-bond donors (Lipinski definition) is 1. The van der Waals surface area contributed by atoms with Crippen molar-refractivity contribution in [1.82, 2.24) is 0 Å². The number of amides is 1. The monoisotopic (exact) mass is 221 g/mol. The van der Waals surface area contributed by atoms with Crippen LogP contribution in [0.3, 0.4) is 0 Å². The molecule has 0 aliphatic rings. The highest BCUT2D eigenvalue weighted by atomic mass is 16.5. The van der Waals surface area contributed by atoms with E-state index in [4.69, 9.17) is 0 Å². The van der Waals surface area contributed by atoms with Gasteiger partial charge in [-0.15, -0.1) is 0 Å². The van der Waals surface area contributed by atoms with Crippen LogP contribution in [0.4, 0.5) is 5.69 Å². The second kappa shape index (κ2) is 5.30. The van der Waals surface area contributed by atoms with Crippen LogP contribution in [0.1, 0.15) is 29.3 Å². The lowest BCUT2D eigenvalue weighted by Crippen LogP contribution is -2.15. The van der Waals surface area contributed by atoms with Gasteiger partial charge in [0.1, 0.15) is 0 Å². The Kier molecular flexibility index (Phi) is 4.05. The third-order valence-corrected chi connectivity index (χ3v) is 2.26. The first-order chi connectivity index (χ1) is 7.60. The molecule has 0 spiro atoms. The number of anilines is 1. The van der Waals surface area contributed by atoms with Gasteiger partial charge in [0.25, 0.3) is 0 Å². The average molecular weight is 221 g/mol. The fraction of sp³-hybridized carbons (Fsp3) is 0.333. The van der Waals surface area contributed by atoms with Crippen LogP contribution in [0, 0.1) is 6.92 Å². The van der Waals surface area contributed by atoms with Gasteiger partial charge < -0.3 is 10.1 Å². The largest absolute Gasteiger partial charge is 0.465 e. The molecule has 86 valence electrons. The Morgan fingerprint density at radius 3 is 2.62 bits per heavy atom. The van der Waals surface area contributed by atoms with Crippen molar-refractivity contribution in [1.29, 1.82) is 0 Å². The Bertz CT molecular complexity index is 413. The molecule has 1 aromatic carbocycles. The molecule has 0 unspecified atom stereocenters. The Morgan fingerprint density at radius 2 is 2.06 bits per heavy atom. The van der Waals surface area contributed by atoms with Gasteiger partial charge in [-0.25, -0.2) is 4.79 Å². The van der Waals surface area contributed by atoms with Crippen molar-refractivity contribution in [2.75, 3.05) is 12.4 Å². The van der Waals surface area contributed by atoms with E-state index < -0.39 is 5.97 Å². The zero-order chi connectivity index (χ0) is 12.1. The van der Waals surface area contributed by atoms with Crippen LogP contribution < -0.4 is 5.32 Å². The van der Waals surface area contributed by atoms with Gasteiger partial charge in [-0.05, 0) is 18.6 Å². The van der Waals surface area contributed by atoms with Crippen molar-refractivity contribution < 1.29 is 14.3 Å². The summed E-state index contributed by atoms with van der Waals surface area (Å²) in [7, 11) is 1.32. The standard InChI is InChI=1S/C12H15NO3/c1-4-10(14)13-11-8(2)6-5-7-9(11)12(15)16-3/h5-7H,4H2,1-3H3,(H,13,14). The summed E-state index contributed by atoms with van der Waals surface area (Å²) in [4.78, 5) is 22.8. The number of benzene rings is 1. The maximum absolute atomic E-state index is 11.5. The van der Waals surface area contributed by atoms with E-state index in [1.165, 1.54) is 7.11 Å². The predicted octanol–water partition coefficient (Wildman–Crippen LogP) is 2.13. The second-order valence-electron chi connectivity index (χ2n) is 3.39. The fourth-order valence-corrected chi connectivity index (χ4v) is 1.34. The zero-order valence-corrected chi connectivity index (χ0v) is 9.66. The molecule has 0 atom stereocenters. The number of rotatable bonds is 3. The zero-order valence-electron chi connectivity index (χ0n) is 9.66. The molecule has 0 saturated carbocycles. The summed E-state index contributed by atoms with van der Waals surface area (Å²) in [5.41, 5.74) is 1.75. The number of aryl methyl sites for hydroxylation is 1. The van der Waals surface area contributed by atoms with Gasteiger partial charge in [-0.1, -0.05) is 19.1 Å². The lowest BCUT2D eigenvalue weighted by molar-refractivity contribution is -0.115. The van der Waals surface area contributed by atoms with E-state index in [1.54, 1.807) is 19.1 Å². The average Bonchev–Trinajstić information content (AvgIpc) is 2.30. The number of ether oxygens (including phenoxy) is 1. The van der Waals surface area contributed by atoms with Crippen molar-refractivity contribution in [3.63, 3.8) is 0 Å². The van der Waals surface area contributed by atoms with Crippen molar-refractivity contribution in [2.45, 2.75) is 20.3 Å². The minimum atomic E-state index is -0.449. The predicted molar refractivity (Wildman–Crippen MR) is 61.4 cm³/mol. The highest BCUT2D eigenvalue weighted by Crippen LogP contribution is 2.21. The first kappa shape index (κ1) is 12.2. The van der Waals surface area contributed by atoms with Crippen LogP contribution in [0.15, 0.2) is 18.2 Å². The molecule has 0 aliphatic carbocycles. The molecule has 0 radical (unpaired) electrons. The van der Waals surface area contributed by atoms with Gasteiger partial charge in [0, 0.05) is 6.42 Å². The molecule has 1 aromatic rings. The molecule has 0 heterocycles. The maximum atomic E-state index is 11.5. The first-order valence-electron chi connectivity index (χ1n) is 5.08. The molecule has 0 aromatic heterocycles. The number of esters is 1. The first-order valence-corrected chi connectivity index (χ1v) is 5.08. The number of carbonyl (C=O) groups excluding carboxylic acids is 2. The van der Waals surface area contributed by atoms with Crippen molar-refractivity contribution >= 4 is 17.6 Å². The smallest absolute Gasteiger partial charge is 0.339 e. The van der Waals surface area contributed by atoms with Crippen LogP contribution in [0.5, 0.6) is 0 Å². The quantitative estimate of drug-likeness (QED) is 0.795. The molecule has 0 fully saturated rings. The van der Waals surface area contributed by atoms with E-state index in [1.807, 2.05) is 13.0 Å². The Labute approximate surface area is 94.6 Å². The molecular weight excluding hydrogens is 206 g/mol. The van der Waals surface area contributed by atoms with Crippen molar-refractivity contribution in [3.8, 4) is 0 Å². The molecule has 4 heteroatoms. The normalized spacial score (nSPS) is 9.69. The molecule has 4 nitrogen and oxygen atoms in total. The summed E-state index contributed by atoms with van der Waals surface area (Å²) in [5.74, 6) is -0.574. The van der Waals surface area contributed by atoms with E-state index in [9.17, 15) is 9.59 Å².